The predicted octanol–water partition coefficient (Wildman–Crippen LogP) is 5.69. The largest absolute Gasteiger partial charge is 0.393 e. The molecule has 166 valence electrons. The third-order valence-corrected chi connectivity index (χ3v) is 8.19. The van der Waals surface area contributed by atoms with Crippen LogP contribution in [0.15, 0.2) is 47.6 Å². The third-order valence-electron chi connectivity index (χ3n) is 8.19. The molecule has 3 aliphatic rings. The molecule has 3 rings (SSSR count). The fraction of sp³-hybridized carbons (Fsp3) is 0.667. The zero-order valence-electron chi connectivity index (χ0n) is 19.1. The van der Waals surface area contributed by atoms with Gasteiger partial charge in [-0.25, -0.2) is 0 Å². The number of carbonyl (C=O) groups is 1. The lowest BCUT2D eigenvalue weighted by atomic mass is 9.60. The molecule has 0 heterocycles. The number of hydrogen-bond acceptors (Lipinski definition) is 3. The summed E-state index contributed by atoms with van der Waals surface area (Å²) in [6.45, 7) is 10.8. The maximum Gasteiger partial charge on any atom is 0.155 e. The van der Waals surface area contributed by atoms with Gasteiger partial charge in [-0.15, -0.1) is 0 Å². The molecule has 0 saturated heterocycles. The van der Waals surface area contributed by atoms with Crippen molar-refractivity contribution < 1.29 is 15.0 Å². The van der Waals surface area contributed by atoms with Crippen LogP contribution in [-0.2, 0) is 4.79 Å². The molecular weight excluding hydrogens is 372 g/mol. The second kappa shape index (κ2) is 9.78. The minimum Gasteiger partial charge on any atom is -0.393 e. The van der Waals surface area contributed by atoms with E-state index in [0.29, 0.717) is 42.4 Å². The van der Waals surface area contributed by atoms with Gasteiger partial charge in [0, 0.05) is 12.8 Å². The van der Waals surface area contributed by atoms with Crippen molar-refractivity contribution in [1.29, 1.82) is 0 Å². The first-order valence-corrected chi connectivity index (χ1v) is 11.9. The molecule has 0 aromatic rings. The Balaban J connectivity index is 1.72. The summed E-state index contributed by atoms with van der Waals surface area (Å²) in [6.07, 6.45) is 15.5. The fourth-order valence-electron chi connectivity index (χ4n) is 6.52. The van der Waals surface area contributed by atoms with Crippen LogP contribution in [0.4, 0.5) is 0 Å². The van der Waals surface area contributed by atoms with Gasteiger partial charge in [-0.05, 0) is 92.3 Å². The summed E-state index contributed by atoms with van der Waals surface area (Å²) >= 11 is 0. The summed E-state index contributed by atoms with van der Waals surface area (Å²) in [5.41, 5.74) is 3.60. The van der Waals surface area contributed by atoms with Crippen molar-refractivity contribution in [3.05, 3.63) is 47.6 Å². The molecular formula is C27H40O3. The smallest absolute Gasteiger partial charge is 0.155 e. The average molecular weight is 413 g/mol. The van der Waals surface area contributed by atoms with Crippen LogP contribution in [0.1, 0.15) is 78.6 Å². The predicted molar refractivity (Wildman–Crippen MR) is 123 cm³/mol. The second-order valence-electron chi connectivity index (χ2n) is 10.1. The number of hydrogen-bond donors (Lipinski definition) is 2. The Morgan fingerprint density at radius 2 is 2.07 bits per heavy atom. The number of rotatable bonds is 6. The molecule has 3 heteroatoms. The van der Waals surface area contributed by atoms with Crippen LogP contribution in [0.3, 0.4) is 0 Å². The zero-order chi connectivity index (χ0) is 21.9. The normalized spacial score (nSPS) is 38.4. The van der Waals surface area contributed by atoms with E-state index in [0.717, 1.165) is 24.0 Å². The highest BCUT2D eigenvalue weighted by Crippen LogP contribution is 2.59. The highest BCUT2D eigenvalue weighted by atomic mass is 16.3. The van der Waals surface area contributed by atoms with Gasteiger partial charge in [-0.1, -0.05) is 44.2 Å². The van der Waals surface area contributed by atoms with E-state index in [1.165, 1.54) is 31.3 Å². The molecule has 3 fully saturated rings. The molecule has 0 aromatic carbocycles. The van der Waals surface area contributed by atoms with Crippen LogP contribution < -0.4 is 0 Å². The molecule has 0 unspecified atom stereocenters. The Morgan fingerprint density at radius 3 is 2.80 bits per heavy atom. The molecule has 0 aromatic heterocycles. The maximum absolute atomic E-state index is 11.9. The topological polar surface area (TPSA) is 57.5 Å². The van der Waals surface area contributed by atoms with Gasteiger partial charge in [0.25, 0.3) is 0 Å². The van der Waals surface area contributed by atoms with Crippen LogP contribution in [0.2, 0.25) is 0 Å². The van der Waals surface area contributed by atoms with E-state index in [-0.39, 0.29) is 5.78 Å². The van der Waals surface area contributed by atoms with Gasteiger partial charge in [-0.2, -0.15) is 0 Å². The summed E-state index contributed by atoms with van der Waals surface area (Å²) < 4.78 is 0. The van der Waals surface area contributed by atoms with E-state index in [1.807, 2.05) is 13.0 Å². The highest BCUT2D eigenvalue weighted by Gasteiger charge is 2.50. The van der Waals surface area contributed by atoms with E-state index in [2.05, 4.69) is 32.6 Å². The Hall–Kier alpha value is -1.45. The molecule has 0 aliphatic heterocycles. The number of fused-ring (bicyclic) bond motifs is 1. The van der Waals surface area contributed by atoms with Gasteiger partial charge >= 0.3 is 0 Å². The Morgan fingerprint density at radius 1 is 1.30 bits per heavy atom. The Bertz CT molecular complexity index is 743. The van der Waals surface area contributed by atoms with Gasteiger partial charge in [0.05, 0.1) is 12.2 Å². The summed E-state index contributed by atoms with van der Waals surface area (Å²) in [6, 6.07) is 0. The summed E-state index contributed by atoms with van der Waals surface area (Å²) in [7, 11) is 0. The van der Waals surface area contributed by atoms with E-state index >= 15 is 0 Å². The van der Waals surface area contributed by atoms with Gasteiger partial charge in [0.1, 0.15) is 0 Å². The molecule has 0 amide bonds. The molecule has 0 radical (unpaired) electrons. The number of aliphatic hydroxyl groups excluding tert-OH is 2. The Kier molecular flexibility index (Phi) is 7.57. The van der Waals surface area contributed by atoms with Crippen molar-refractivity contribution in [2.24, 2.45) is 23.2 Å². The van der Waals surface area contributed by atoms with Crippen molar-refractivity contribution in [3.63, 3.8) is 0 Å². The fourth-order valence-corrected chi connectivity index (χ4v) is 6.52. The van der Waals surface area contributed by atoms with Gasteiger partial charge in [-0.3, -0.25) is 4.79 Å². The van der Waals surface area contributed by atoms with Crippen LogP contribution in [-0.4, -0.2) is 28.2 Å². The number of allylic oxidation sites excluding steroid dienone is 5. The zero-order valence-corrected chi connectivity index (χ0v) is 19.1. The van der Waals surface area contributed by atoms with Crippen LogP contribution in [0, 0.1) is 23.2 Å². The van der Waals surface area contributed by atoms with E-state index in [9.17, 15) is 15.0 Å². The quantitative estimate of drug-likeness (QED) is 0.551. The van der Waals surface area contributed by atoms with Crippen molar-refractivity contribution in [2.75, 3.05) is 0 Å². The van der Waals surface area contributed by atoms with Gasteiger partial charge < -0.3 is 10.2 Å². The van der Waals surface area contributed by atoms with Crippen LogP contribution >= 0.6 is 0 Å². The van der Waals surface area contributed by atoms with E-state index < -0.39 is 12.2 Å². The molecule has 3 aliphatic carbocycles. The third kappa shape index (κ3) is 4.89. The van der Waals surface area contributed by atoms with E-state index in [1.54, 1.807) is 6.08 Å². The lowest BCUT2D eigenvalue weighted by Crippen LogP contribution is -2.36. The molecule has 3 nitrogen and oxygen atoms in total. The van der Waals surface area contributed by atoms with E-state index in [4.69, 9.17) is 0 Å². The summed E-state index contributed by atoms with van der Waals surface area (Å²) in [5.74, 6) is 2.09. The second-order valence-corrected chi connectivity index (χ2v) is 10.1. The van der Waals surface area contributed by atoms with Crippen molar-refractivity contribution in [3.8, 4) is 0 Å². The molecule has 2 N–H and O–H groups in total. The Labute approximate surface area is 182 Å². The average Bonchev–Trinajstić information content (AvgIpc) is 3.05. The minimum absolute atomic E-state index is 0.247. The number of carbonyl (C=O) groups excluding carboxylic acids is 1. The first-order chi connectivity index (χ1) is 14.3. The first kappa shape index (κ1) is 23.2. The monoisotopic (exact) mass is 412 g/mol. The van der Waals surface area contributed by atoms with Gasteiger partial charge in [0.2, 0.25) is 0 Å². The number of ketones is 1. The first-order valence-electron chi connectivity index (χ1n) is 11.9. The maximum atomic E-state index is 11.9. The lowest BCUT2D eigenvalue weighted by Gasteiger charge is -2.44. The van der Waals surface area contributed by atoms with Gasteiger partial charge in [0.15, 0.2) is 5.78 Å². The van der Waals surface area contributed by atoms with Crippen molar-refractivity contribution in [1.82, 2.24) is 0 Å². The summed E-state index contributed by atoms with van der Waals surface area (Å²) in [5, 5.41) is 20.1. The van der Waals surface area contributed by atoms with Crippen molar-refractivity contribution >= 4 is 5.78 Å². The minimum atomic E-state index is -0.628. The molecule has 30 heavy (non-hydrogen) atoms. The molecule has 3 saturated carbocycles. The molecule has 0 bridgehead atoms. The summed E-state index contributed by atoms with van der Waals surface area (Å²) in [4.78, 5) is 11.9. The highest BCUT2D eigenvalue weighted by molar-refractivity contribution is 5.89. The SMILES string of the molecule is C=C1/C(=C\C=C2/CCC[C@]3(C)[C@@H]([C@H](C)CCC(=O)/C=C/C)CC[C@@H]23)C[C@@H](O)C[C@@H]1O. The molecule has 0 spiro atoms. The lowest BCUT2D eigenvalue weighted by molar-refractivity contribution is -0.115. The standard InChI is InChI=1S/C27H40O3/c1-5-7-22(28)12-9-18(2)24-13-14-25-20(8-6-15-27(24,25)4)10-11-21-16-23(29)17-26(30)19(21)3/h5,7,10-11,18,23-26,29-30H,3,6,8-9,12-17H2,1-2,4H3/b7-5+,20-10+,21-11-/t18-,23-,24-,25+,26+,27-/m1/s1. The van der Waals surface area contributed by atoms with Crippen LogP contribution in [0.5, 0.6) is 0 Å². The molecule has 6 atom stereocenters. The number of aliphatic hydroxyl groups is 2. The van der Waals surface area contributed by atoms with Crippen LogP contribution in [0.25, 0.3) is 0 Å². The van der Waals surface area contributed by atoms with Crippen molar-refractivity contribution in [2.45, 2.75) is 90.8 Å².